The molecule has 1 saturated heterocycles. The first kappa shape index (κ1) is 22.6. The Hall–Kier alpha value is -2.63. The van der Waals surface area contributed by atoms with Gasteiger partial charge in [0.1, 0.15) is 16.6 Å². The molecule has 9 nitrogen and oxygen atoms in total. The summed E-state index contributed by atoms with van der Waals surface area (Å²) in [5, 5.41) is 6.51. The molecule has 1 aromatic heterocycles. The zero-order valence-corrected chi connectivity index (χ0v) is 19.8. The van der Waals surface area contributed by atoms with Gasteiger partial charge in [-0.25, -0.2) is 13.4 Å². The zero-order valence-electron chi connectivity index (χ0n) is 18.1. The predicted molar refractivity (Wildman–Crippen MR) is 127 cm³/mol. The van der Waals surface area contributed by atoms with Gasteiger partial charge in [0, 0.05) is 38.0 Å². The molecule has 172 valence electrons. The van der Waals surface area contributed by atoms with Crippen LogP contribution in [0.25, 0.3) is 0 Å². The number of amidine groups is 1. The van der Waals surface area contributed by atoms with Crippen LogP contribution < -0.4 is 14.8 Å². The number of ether oxygens (including phenoxy) is 1. The van der Waals surface area contributed by atoms with Gasteiger partial charge in [-0.1, -0.05) is 12.1 Å². The zero-order chi connectivity index (χ0) is 22.7. The number of amides is 1. The van der Waals surface area contributed by atoms with Crippen molar-refractivity contribution in [3.63, 3.8) is 0 Å². The Balaban J connectivity index is 1.42. The van der Waals surface area contributed by atoms with Crippen molar-refractivity contribution in [2.45, 2.75) is 12.8 Å². The highest BCUT2D eigenvalue weighted by Gasteiger charge is 2.28. The van der Waals surface area contributed by atoms with Gasteiger partial charge in [0.05, 0.1) is 30.3 Å². The van der Waals surface area contributed by atoms with Crippen LogP contribution in [-0.2, 0) is 14.8 Å². The predicted octanol–water partition coefficient (Wildman–Crippen LogP) is 2.37. The molecule has 2 aliphatic rings. The van der Waals surface area contributed by atoms with Crippen LogP contribution in [-0.4, -0.2) is 76.0 Å². The number of sulfonamides is 1. The number of thiophene rings is 1. The number of carbonyl (C=O) groups is 1. The van der Waals surface area contributed by atoms with Crippen molar-refractivity contribution in [1.82, 2.24) is 14.5 Å². The quantitative estimate of drug-likeness (QED) is 0.658. The van der Waals surface area contributed by atoms with Crippen LogP contribution in [0.5, 0.6) is 5.75 Å². The Kier molecular flexibility index (Phi) is 6.68. The minimum absolute atomic E-state index is 0.192. The van der Waals surface area contributed by atoms with E-state index in [0.717, 1.165) is 72.5 Å². The molecule has 32 heavy (non-hydrogen) atoms. The lowest BCUT2D eigenvalue weighted by molar-refractivity contribution is -0.119. The molecular formula is C21H27N5O4S2. The average molecular weight is 478 g/mol. The van der Waals surface area contributed by atoms with Gasteiger partial charge < -0.3 is 15.0 Å². The molecule has 2 N–H and O–H groups in total. The third-order valence-corrected chi connectivity index (χ3v) is 6.90. The van der Waals surface area contributed by atoms with Gasteiger partial charge in [-0.3, -0.25) is 14.4 Å². The molecule has 3 heterocycles. The van der Waals surface area contributed by atoms with E-state index in [1.807, 2.05) is 34.4 Å². The number of anilines is 2. The van der Waals surface area contributed by atoms with Crippen molar-refractivity contribution in [3.8, 4) is 5.75 Å². The molecule has 0 spiro atoms. The number of aliphatic imine (C=N–C) groups is 1. The number of nitrogens with one attached hydrogen (secondary N) is 2. The normalized spacial score (nSPS) is 16.3. The SMILES string of the molecule is COc1csc2c1C(N1CCN(CCCC(=O)NS(C)(=O)=O)CC1)=Nc1ccccc1N2. The van der Waals surface area contributed by atoms with Crippen molar-refractivity contribution in [1.29, 1.82) is 0 Å². The largest absolute Gasteiger partial charge is 0.495 e. The number of hydrogen-bond acceptors (Lipinski definition) is 9. The van der Waals surface area contributed by atoms with Crippen LogP contribution in [0.1, 0.15) is 18.4 Å². The molecule has 2 aromatic rings. The van der Waals surface area contributed by atoms with E-state index in [-0.39, 0.29) is 6.42 Å². The lowest BCUT2D eigenvalue weighted by Crippen LogP contribution is -2.49. The molecule has 0 radical (unpaired) electrons. The van der Waals surface area contributed by atoms with E-state index >= 15 is 0 Å². The summed E-state index contributed by atoms with van der Waals surface area (Å²) in [5.41, 5.74) is 2.85. The molecule has 1 aromatic carbocycles. The van der Waals surface area contributed by atoms with E-state index in [9.17, 15) is 13.2 Å². The fourth-order valence-electron chi connectivity index (χ4n) is 3.90. The summed E-state index contributed by atoms with van der Waals surface area (Å²) < 4.78 is 29.9. The highest BCUT2D eigenvalue weighted by molar-refractivity contribution is 7.89. The number of hydrogen-bond donors (Lipinski definition) is 2. The number of rotatable bonds is 6. The minimum atomic E-state index is -3.50. The highest BCUT2D eigenvalue weighted by Crippen LogP contribution is 2.42. The summed E-state index contributed by atoms with van der Waals surface area (Å²) in [6.45, 7) is 4.02. The van der Waals surface area contributed by atoms with E-state index in [0.29, 0.717) is 6.42 Å². The Morgan fingerprint density at radius 2 is 2.00 bits per heavy atom. The second kappa shape index (κ2) is 9.47. The molecule has 2 aliphatic heterocycles. The van der Waals surface area contributed by atoms with Gasteiger partial charge in [-0.2, -0.15) is 0 Å². The third-order valence-electron chi connectivity index (χ3n) is 5.43. The Morgan fingerprint density at radius 1 is 1.25 bits per heavy atom. The van der Waals surface area contributed by atoms with E-state index in [2.05, 4.69) is 15.1 Å². The second-order valence-electron chi connectivity index (χ2n) is 7.82. The van der Waals surface area contributed by atoms with E-state index in [1.54, 1.807) is 18.4 Å². The first-order valence-corrected chi connectivity index (χ1v) is 13.2. The molecule has 0 atom stereocenters. The Morgan fingerprint density at radius 3 is 2.72 bits per heavy atom. The molecule has 11 heteroatoms. The first-order valence-electron chi connectivity index (χ1n) is 10.4. The van der Waals surface area contributed by atoms with Crippen LogP contribution in [0.4, 0.5) is 16.4 Å². The summed E-state index contributed by atoms with van der Waals surface area (Å²) in [5.74, 6) is 1.26. The van der Waals surface area contributed by atoms with Crippen LogP contribution >= 0.6 is 11.3 Å². The van der Waals surface area contributed by atoms with Crippen LogP contribution in [0, 0.1) is 0 Å². The minimum Gasteiger partial charge on any atom is -0.495 e. The van der Waals surface area contributed by atoms with Gasteiger partial charge >= 0.3 is 0 Å². The number of benzene rings is 1. The number of piperazine rings is 1. The van der Waals surface area contributed by atoms with E-state index < -0.39 is 15.9 Å². The van der Waals surface area contributed by atoms with Crippen molar-refractivity contribution in [2.75, 3.05) is 51.4 Å². The van der Waals surface area contributed by atoms with Gasteiger partial charge in [-0.05, 0) is 25.1 Å². The molecule has 1 amide bonds. The smallest absolute Gasteiger partial charge is 0.233 e. The monoisotopic (exact) mass is 477 g/mol. The van der Waals surface area contributed by atoms with Gasteiger partial charge in [0.2, 0.25) is 15.9 Å². The summed E-state index contributed by atoms with van der Waals surface area (Å²) in [7, 11) is -1.82. The standard InChI is InChI=1S/C21H27N5O4S2/c1-30-17-14-31-21-19(17)20(22-15-6-3-4-7-16(15)23-21)26-12-10-25(11-13-26)9-5-8-18(27)24-32(2,28)29/h3-4,6-7,14,23H,5,8-13H2,1-2H3,(H,24,27). The first-order chi connectivity index (χ1) is 15.3. The van der Waals surface area contributed by atoms with Crippen molar-refractivity contribution in [2.24, 2.45) is 4.99 Å². The number of para-hydroxylation sites is 2. The van der Waals surface area contributed by atoms with Crippen LogP contribution in [0.2, 0.25) is 0 Å². The van der Waals surface area contributed by atoms with Crippen molar-refractivity contribution >= 4 is 49.5 Å². The highest BCUT2D eigenvalue weighted by atomic mass is 32.2. The molecule has 4 rings (SSSR count). The van der Waals surface area contributed by atoms with Crippen LogP contribution in [0.3, 0.4) is 0 Å². The molecular weight excluding hydrogens is 450 g/mol. The number of fused-ring (bicyclic) bond motifs is 2. The molecule has 0 unspecified atom stereocenters. The van der Waals surface area contributed by atoms with E-state index in [4.69, 9.17) is 9.73 Å². The Bertz CT molecular complexity index is 1120. The van der Waals surface area contributed by atoms with Gasteiger partial charge in [-0.15, -0.1) is 11.3 Å². The van der Waals surface area contributed by atoms with Crippen molar-refractivity contribution in [3.05, 3.63) is 35.2 Å². The number of nitrogens with zero attached hydrogens (tertiary/aromatic N) is 3. The molecule has 1 fully saturated rings. The maximum absolute atomic E-state index is 11.7. The number of methoxy groups -OCH3 is 1. The maximum atomic E-state index is 11.7. The summed E-state index contributed by atoms with van der Waals surface area (Å²) in [6, 6.07) is 8.00. The summed E-state index contributed by atoms with van der Waals surface area (Å²) >= 11 is 1.60. The van der Waals surface area contributed by atoms with Crippen LogP contribution in [0.15, 0.2) is 34.6 Å². The molecule has 0 aliphatic carbocycles. The fourth-order valence-corrected chi connectivity index (χ4v) is 5.33. The van der Waals surface area contributed by atoms with E-state index in [1.165, 1.54) is 0 Å². The second-order valence-corrected chi connectivity index (χ2v) is 10.4. The van der Waals surface area contributed by atoms with Crippen molar-refractivity contribution < 1.29 is 17.9 Å². The Labute approximate surface area is 192 Å². The lowest BCUT2D eigenvalue weighted by Gasteiger charge is -2.36. The summed E-state index contributed by atoms with van der Waals surface area (Å²) in [6.07, 6.45) is 1.79. The fraction of sp³-hybridized carbons (Fsp3) is 0.429. The number of carbonyl (C=O) groups excluding carboxylic acids is 1. The topological polar surface area (TPSA) is 103 Å². The molecule has 0 bridgehead atoms. The summed E-state index contributed by atoms with van der Waals surface area (Å²) in [4.78, 5) is 21.3. The molecule has 0 saturated carbocycles. The van der Waals surface area contributed by atoms with Gasteiger partial charge in [0.25, 0.3) is 0 Å². The lowest BCUT2D eigenvalue weighted by atomic mass is 10.2. The maximum Gasteiger partial charge on any atom is 0.233 e. The third kappa shape index (κ3) is 5.22. The average Bonchev–Trinajstić information content (AvgIpc) is 3.07. The van der Waals surface area contributed by atoms with Gasteiger partial charge in [0.15, 0.2) is 0 Å².